The summed E-state index contributed by atoms with van der Waals surface area (Å²) < 4.78 is 7.29. The lowest BCUT2D eigenvalue weighted by atomic mass is 10.1. The van der Waals surface area contributed by atoms with Gasteiger partial charge in [0.05, 0.1) is 13.2 Å². The van der Waals surface area contributed by atoms with E-state index in [0.717, 1.165) is 31.9 Å². The number of piperazine rings is 1. The lowest BCUT2D eigenvalue weighted by Gasteiger charge is -2.38. The molecule has 0 unspecified atom stereocenters. The Kier molecular flexibility index (Phi) is 5.96. The van der Waals surface area contributed by atoms with Gasteiger partial charge in [-0.15, -0.1) is 0 Å². The molecule has 1 aromatic carbocycles. The third-order valence-electron chi connectivity index (χ3n) is 5.11. The quantitative estimate of drug-likeness (QED) is 0.857. The second-order valence-corrected chi connectivity index (χ2v) is 6.84. The SMILES string of the molecule is COc1ccc(C(=O)NC[C@H](c2cccn2C)N2CCN(C)CC2)cc1. The van der Waals surface area contributed by atoms with Crippen molar-refractivity contribution >= 4 is 5.91 Å². The minimum atomic E-state index is -0.0546. The van der Waals surface area contributed by atoms with Crippen LogP contribution in [0.25, 0.3) is 0 Å². The molecule has 0 saturated carbocycles. The maximum Gasteiger partial charge on any atom is 0.251 e. The van der Waals surface area contributed by atoms with Crippen LogP contribution in [0, 0.1) is 0 Å². The van der Waals surface area contributed by atoms with Gasteiger partial charge in [-0.25, -0.2) is 0 Å². The normalized spacial score (nSPS) is 17.0. The first-order valence-electron chi connectivity index (χ1n) is 9.04. The Morgan fingerprint density at radius 2 is 1.81 bits per heavy atom. The van der Waals surface area contributed by atoms with Crippen LogP contribution >= 0.6 is 0 Å². The fourth-order valence-electron chi connectivity index (χ4n) is 3.41. The summed E-state index contributed by atoms with van der Waals surface area (Å²) in [4.78, 5) is 17.4. The summed E-state index contributed by atoms with van der Waals surface area (Å²) in [7, 11) is 5.83. The Labute approximate surface area is 155 Å². The second-order valence-electron chi connectivity index (χ2n) is 6.84. The van der Waals surface area contributed by atoms with Gasteiger partial charge in [-0.05, 0) is 43.4 Å². The number of benzene rings is 1. The molecule has 1 atom stereocenters. The third kappa shape index (κ3) is 4.26. The van der Waals surface area contributed by atoms with Gasteiger partial charge in [0.1, 0.15) is 5.75 Å². The zero-order valence-corrected chi connectivity index (χ0v) is 15.8. The number of nitrogens with zero attached hydrogens (tertiary/aromatic N) is 3. The number of aromatic nitrogens is 1. The van der Waals surface area contributed by atoms with E-state index in [-0.39, 0.29) is 11.9 Å². The fraction of sp³-hybridized carbons (Fsp3) is 0.450. The topological polar surface area (TPSA) is 49.7 Å². The molecule has 1 amide bonds. The van der Waals surface area contributed by atoms with Crippen LogP contribution in [0.1, 0.15) is 22.1 Å². The summed E-state index contributed by atoms with van der Waals surface area (Å²) >= 11 is 0. The highest BCUT2D eigenvalue weighted by Gasteiger charge is 2.26. The van der Waals surface area contributed by atoms with E-state index in [1.54, 1.807) is 19.2 Å². The molecule has 2 heterocycles. The highest BCUT2D eigenvalue weighted by Crippen LogP contribution is 2.22. The number of aryl methyl sites for hydroxylation is 1. The smallest absolute Gasteiger partial charge is 0.251 e. The van der Waals surface area contributed by atoms with Crippen molar-refractivity contribution in [2.45, 2.75) is 6.04 Å². The van der Waals surface area contributed by atoms with E-state index in [1.165, 1.54) is 5.69 Å². The molecule has 26 heavy (non-hydrogen) atoms. The van der Waals surface area contributed by atoms with Gasteiger partial charge in [0.15, 0.2) is 0 Å². The molecular formula is C20H28N4O2. The minimum absolute atomic E-state index is 0.0546. The van der Waals surface area contributed by atoms with Crippen molar-refractivity contribution < 1.29 is 9.53 Å². The Hall–Kier alpha value is -2.31. The molecule has 0 radical (unpaired) electrons. The summed E-state index contributed by atoms with van der Waals surface area (Å²) in [6.45, 7) is 4.70. The van der Waals surface area contributed by atoms with Gasteiger partial charge in [0.2, 0.25) is 0 Å². The molecule has 1 N–H and O–H groups in total. The van der Waals surface area contributed by atoms with E-state index in [0.29, 0.717) is 12.1 Å². The molecular weight excluding hydrogens is 328 g/mol. The van der Waals surface area contributed by atoms with Crippen LogP contribution in [0.5, 0.6) is 5.75 Å². The summed E-state index contributed by atoms with van der Waals surface area (Å²) in [6, 6.07) is 11.6. The van der Waals surface area contributed by atoms with Crippen molar-refractivity contribution in [3.63, 3.8) is 0 Å². The second kappa shape index (κ2) is 8.38. The molecule has 2 aromatic rings. The molecule has 1 aliphatic rings. The number of likely N-dealkylation sites (N-methyl/N-ethyl adjacent to an activating group) is 1. The van der Waals surface area contributed by atoms with Crippen LogP contribution < -0.4 is 10.1 Å². The molecule has 0 bridgehead atoms. The monoisotopic (exact) mass is 356 g/mol. The van der Waals surface area contributed by atoms with Gasteiger partial charge in [-0.1, -0.05) is 0 Å². The Bertz CT molecular complexity index is 718. The largest absolute Gasteiger partial charge is 0.497 e. The van der Waals surface area contributed by atoms with E-state index in [2.05, 4.69) is 52.1 Å². The number of hydrogen-bond donors (Lipinski definition) is 1. The number of amides is 1. The van der Waals surface area contributed by atoms with Gasteiger partial charge in [0.25, 0.3) is 5.91 Å². The molecule has 1 saturated heterocycles. The molecule has 0 spiro atoms. The van der Waals surface area contributed by atoms with Gasteiger partial charge in [-0.2, -0.15) is 0 Å². The maximum atomic E-state index is 12.6. The molecule has 1 fully saturated rings. The molecule has 1 aliphatic heterocycles. The Morgan fingerprint density at radius 3 is 2.38 bits per heavy atom. The first-order chi connectivity index (χ1) is 12.6. The zero-order chi connectivity index (χ0) is 18.5. The zero-order valence-electron chi connectivity index (χ0n) is 15.8. The molecule has 6 nitrogen and oxygen atoms in total. The van der Waals surface area contributed by atoms with Crippen LogP contribution in [-0.4, -0.2) is 67.2 Å². The Balaban J connectivity index is 1.69. The summed E-state index contributed by atoms with van der Waals surface area (Å²) in [5.41, 5.74) is 1.87. The van der Waals surface area contributed by atoms with E-state index >= 15 is 0 Å². The lowest BCUT2D eigenvalue weighted by molar-refractivity contribution is 0.0877. The summed E-state index contributed by atoms with van der Waals surface area (Å²) in [5, 5.41) is 3.11. The maximum absolute atomic E-state index is 12.6. The lowest BCUT2D eigenvalue weighted by Crippen LogP contribution is -2.48. The van der Waals surface area contributed by atoms with Crippen molar-refractivity contribution in [2.75, 3.05) is 46.9 Å². The summed E-state index contributed by atoms with van der Waals surface area (Å²) in [6.07, 6.45) is 2.06. The minimum Gasteiger partial charge on any atom is -0.497 e. The standard InChI is InChI=1S/C20H28N4O2/c1-22-11-13-24(14-12-22)19(18-5-4-10-23(18)2)15-21-20(25)16-6-8-17(26-3)9-7-16/h4-10,19H,11-15H2,1-3H3,(H,21,25)/t19-/m1/s1. The first-order valence-corrected chi connectivity index (χ1v) is 9.04. The van der Waals surface area contributed by atoms with Crippen molar-refractivity contribution in [1.82, 2.24) is 19.7 Å². The third-order valence-corrected chi connectivity index (χ3v) is 5.11. The van der Waals surface area contributed by atoms with Gasteiger partial charge >= 0.3 is 0 Å². The first kappa shape index (κ1) is 18.5. The highest BCUT2D eigenvalue weighted by atomic mass is 16.5. The van der Waals surface area contributed by atoms with Gasteiger partial charge in [0, 0.05) is 57.2 Å². The molecule has 6 heteroatoms. The number of ether oxygens (including phenoxy) is 1. The average molecular weight is 356 g/mol. The van der Waals surface area contributed by atoms with Crippen molar-refractivity contribution in [1.29, 1.82) is 0 Å². The fourth-order valence-corrected chi connectivity index (χ4v) is 3.41. The molecule has 1 aromatic heterocycles. The van der Waals surface area contributed by atoms with E-state index < -0.39 is 0 Å². The van der Waals surface area contributed by atoms with Crippen LogP contribution in [0.2, 0.25) is 0 Å². The van der Waals surface area contributed by atoms with Crippen LogP contribution in [0.3, 0.4) is 0 Å². The highest BCUT2D eigenvalue weighted by molar-refractivity contribution is 5.94. The average Bonchev–Trinajstić information content (AvgIpc) is 3.09. The van der Waals surface area contributed by atoms with Crippen LogP contribution in [-0.2, 0) is 7.05 Å². The molecule has 140 valence electrons. The van der Waals surface area contributed by atoms with Crippen LogP contribution in [0.4, 0.5) is 0 Å². The molecule has 3 rings (SSSR count). The number of hydrogen-bond acceptors (Lipinski definition) is 4. The van der Waals surface area contributed by atoms with E-state index in [4.69, 9.17) is 4.74 Å². The number of rotatable bonds is 6. The van der Waals surface area contributed by atoms with E-state index in [9.17, 15) is 4.79 Å². The number of methoxy groups -OCH3 is 1. The van der Waals surface area contributed by atoms with Crippen molar-refractivity contribution in [2.24, 2.45) is 7.05 Å². The number of carbonyl (C=O) groups is 1. The predicted octanol–water partition coefficient (Wildman–Crippen LogP) is 1.75. The van der Waals surface area contributed by atoms with Crippen molar-refractivity contribution in [3.05, 3.63) is 53.9 Å². The molecule has 0 aliphatic carbocycles. The Morgan fingerprint density at radius 1 is 1.12 bits per heavy atom. The van der Waals surface area contributed by atoms with Gasteiger partial charge in [-0.3, -0.25) is 9.69 Å². The van der Waals surface area contributed by atoms with Gasteiger partial charge < -0.3 is 19.5 Å². The predicted molar refractivity (Wildman–Crippen MR) is 103 cm³/mol. The number of nitrogens with one attached hydrogen (secondary N) is 1. The van der Waals surface area contributed by atoms with Crippen molar-refractivity contribution in [3.8, 4) is 5.75 Å². The van der Waals surface area contributed by atoms with Crippen LogP contribution in [0.15, 0.2) is 42.6 Å². The number of carbonyl (C=O) groups excluding carboxylic acids is 1. The van der Waals surface area contributed by atoms with E-state index in [1.807, 2.05) is 12.1 Å². The summed E-state index contributed by atoms with van der Waals surface area (Å²) in [5.74, 6) is 0.696.